The molecule has 9 heteroatoms. The van der Waals surface area contributed by atoms with Crippen LogP contribution in [-0.4, -0.2) is 35.0 Å². The fourth-order valence-corrected chi connectivity index (χ4v) is 2.93. The molecule has 28 heavy (non-hydrogen) atoms. The summed E-state index contributed by atoms with van der Waals surface area (Å²) in [6, 6.07) is 13.5. The summed E-state index contributed by atoms with van der Waals surface area (Å²) in [6.45, 7) is 1.86. The van der Waals surface area contributed by atoms with Crippen LogP contribution in [0.4, 0.5) is 0 Å². The Morgan fingerprint density at radius 2 is 2.00 bits per heavy atom. The zero-order chi connectivity index (χ0) is 18.9. The number of aromatic nitrogens is 7. The smallest absolute Gasteiger partial charge is 0.240 e. The van der Waals surface area contributed by atoms with Crippen molar-refractivity contribution in [2.24, 2.45) is 0 Å². The van der Waals surface area contributed by atoms with Crippen LogP contribution in [0.5, 0.6) is 5.88 Å². The number of furan rings is 1. The highest BCUT2D eigenvalue weighted by atomic mass is 16.5. The summed E-state index contributed by atoms with van der Waals surface area (Å²) in [5, 5.41) is 20.0. The van der Waals surface area contributed by atoms with Gasteiger partial charge in [0.1, 0.15) is 6.33 Å². The molecule has 5 rings (SSSR count). The maximum Gasteiger partial charge on any atom is 0.240 e. The lowest BCUT2D eigenvalue weighted by Gasteiger charge is -2.14. The van der Waals surface area contributed by atoms with Crippen molar-refractivity contribution in [2.75, 3.05) is 0 Å². The molecular formula is C19H15N7O2. The van der Waals surface area contributed by atoms with Gasteiger partial charge in [-0.15, -0.1) is 15.3 Å². The molecule has 0 radical (unpaired) electrons. The molecule has 0 bridgehead atoms. The molecule has 0 aliphatic rings. The van der Waals surface area contributed by atoms with Crippen molar-refractivity contribution in [1.82, 2.24) is 35.0 Å². The minimum Gasteiger partial charge on any atom is -0.472 e. The second kappa shape index (κ2) is 6.62. The number of benzene rings is 1. The molecular weight excluding hydrogens is 358 g/mol. The Morgan fingerprint density at radius 3 is 2.75 bits per heavy atom. The first-order valence-electron chi connectivity index (χ1n) is 8.66. The van der Waals surface area contributed by atoms with Crippen LogP contribution >= 0.6 is 0 Å². The molecule has 1 N–H and O–H groups in total. The van der Waals surface area contributed by atoms with Crippen molar-refractivity contribution in [1.29, 1.82) is 0 Å². The van der Waals surface area contributed by atoms with Crippen LogP contribution in [-0.2, 0) is 0 Å². The number of nitrogens with one attached hydrogen (secondary N) is 1. The Hall–Kier alpha value is -4.01. The molecule has 4 heterocycles. The van der Waals surface area contributed by atoms with Gasteiger partial charge in [0.2, 0.25) is 5.88 Å². The summed E-state index contributed by atoms with van der Waals surface area (Å²) < 4.78 is 13.0. The zero-order valence-corrected chi connectivity index (χ0v) is 14.9. The Bertz CT molecular complexity index is 1200. The van der Waals surface area contributed by atoms with E-state index in [9.17, 15) is 0 Å². The molecule has 0 fully saturated rings. The molecule has 4 aromatic heterocycles. The van der Waals surface area contributed by atoms with Gasteiger partial charge in [-0.1, -0.05) is 30.3 Å². The Morgan fingerprint density at radius 1 is 1.11 bits per heavy atom. The van der Waals surface area contributed by atoms with Gasteiger partial charge in [-0.05, 0) is 19.1 Å². The van der Waals surface area contributed by atoms with Crippen molar-refractivity contribution in [3.8, 4) is 28.4 Å². The lowest BCUT2D eigenvalue weighted by Crippen LogP contribution is -2.09. The molecule has 1 unspecified atom stereocenters. The van der Waals surface area contributed by atoms with Gasteiger partial charge in [-0.25, -0.2) is 4.98 Å². The Labute approximate surface area is 159 Å². The number of aromatic amines is 1. The van der Waals surface area contributed by atoms with E-state index in [-0.39, 0.29) is 0 Å². The van der Waals surface area contributed by atoms with Crippen LogP contribution in [0.1, 0.15) is 18.9 Å². The SMILES string of the molecule is CC(Oc1nn2c(-c3ccccc3)nnc2cc1-c1ccoc1)c1nc[nH]n1. The summed E-state index contributed by atoms with van der Waals surface area (Å²) in [5.74, 6) is 1.57. The third-order valence-corrected chi connectivity index (χ3v) is 4.31. The van der Waals surface area contributed by atoms with Crippen LogP contribution in [0.2, 0.25) is 0 Å². The molecule has 9 nitrogen and oxygen atoms in total. The highest BCUT2D eigenvalue weighted by Crippen LogP contribution is 2.32. The van der Waals surface area contributed by atoms with E-state index in [1.807, 2.05) is 49.4 Å². The average Bonchev–Trinajstić information content (AvgIpc) is 3.49. The van der Waals surface area contributed by atoms with Gasteiger partial charge < -0.3 is 9.15 Å². The summed E-state index contributed by atoms with van der Waals surface area (Å²) in [4.78, 5) is 4.15. The molecule has 0 spiro atoms. The first kappa shape index (κ1) is 16.2. The maximum atomic E-state index is 6.11. The minimum absolute atomic E-state index is 0.404. The van der Waals surface area contributed by atoms with Crippen LogP contribution in [0.15, 0.2) is 65.7 Å². The second-order valence-corrected chi connectivity index (χ2v) is 6.15. The summed E-state index contributed by atoms with van der Waals surface area (Å²) in [5.41, 5.74) is 3.09. The second-order valence-electron chi connectivity index (χ2n) is 6.15. The number of nitrogens with zero attached hydrogens (tertiary/aromatic N) is 6. The zero-order valence-electron chi connectivity index (χ0n) is 14.9. The lowest BCUT2D eigenvalue weighted by molar-refractivity contribution is 0.206. The molecule has 1 aromatic carbocycles. The Kier molecular flexibility index (Phi) is 3.82. The van der Waals surface area contributed by atoms with Crippen LogP contribution in [0.3, 0.4) is 0 Å². The number of ether oxygens (including phenoxy) is 1. The fraction of sp³-hybridized carbons (Fsp3) is 0.105. The van der Waals surface area contributed by atoms with E-state index >= 15 is 0 Å². The van der Waals surface area contributed by atoms with Crippen molar-refractivity contribution in [3.63, 3.8) is 0 Å². The third-order valence-electron chi connectivity index (χ3n) is 4.31. The predicted octanol–water partition coefficient (Wildman–Crippen LogP) is 3.31. The topological polar surface area (TPSA) is 107 Å². The van der Waals surface area contributed by atoms with E-state index in [0.717, 1.165) is 16.7 Å². The van der Waals surface area contributed by atoms with Crippen molar-refractivity contribution in [3.05, 3.63) is 67.1 Å². The quantitative estimate of drug-likeness (QED) is 0.503. The van der Waals surface area contributed by atoms with E-state index in [1.165, 1.54) is 6.33 Å². The number of H-pyrrole nitrogens is 1. The van der Waals surface area contributed by atoms with E-state index in [0.29, 0.717) is 23.2 Å². The van der Waals surface area contributed by atoms with Gasteiger partial charge in [0.05, 0.1) is 18.1 Å². The predicted molar refractivity (Wildman–Crippen MR) is 99.3 cm³/mol. The van der Waals surface area contributed by atoms with Crippen molar-refractivity contribution in [2.45, 2.75) is 13.0 Å². The molecule has 0 saturated heterocycles. The first-order valence-corrected chi connectivity index (χ1v) is 8.66. The molecule has 0 aliphatic carbocycles. The van der Waals surface area contributed by atoms with Gasteiger partial charge in [0.25, 0.3) is 0 Å². The normalized spacial score (nSPS) is 12.3. The van der Waals surface area contributed by atoms with E-state index in [4.69, 9.17) is 9.15 Å². The molecule has 0 amide bonds. The molecule has 0 aliphatic heterocycles. The maximum absolute atomic E-state index is 6.11. The highest BCUT2D eigenvalue weighted by molar-refractivity contribution is 5.72. The van der Waals surface area contributed by atoms with Crippen molar-refractivity contribution < 1.29 is 9.15 Å². The summed E-state index contributed by atoms with van der Waals surface area (Å²) in [6.07, 6.45) is 4.34. The molecule has 5 aromatic rings. The van der Waals surface area contributed by atoms with E-state index in [1.54, 1.807) is 17.0 Å². The largest absolute Gasteiger partial charge is 0.472 e. The lowest BCUT2D eigenvalue weighted by atomic mass is 10.1. The van der Waals surface area contributed by atoms with Crippen LogP contribution < -0.4 is 4.74 Å². The van der Waals surface area contributed by atoms with Crippen molar-refractivity contribution >= 4 is 5.65 Å². The van der Waals surface area contributed by atoms with Gasteiger partial charge >= 0.3 is 0 Å². The minimum atomic E-state index is -0.404. The van der Waals surface area contributed by atoms with Gasteiger partial charge in [-0.3, -0.25) is 5.10 Å². The molecule has 138 valence electrons. The standard InChI is InChI=1S/C19H15N7O2/c1-12(17-20-11-21-23-17)28-19-15(14-7-8-27-10-14)9-16-22-24-18(26(16)25-19)13-5-3-2-4-6-13/h2-12H,1H3,(H,20,21,23). The van der Waals surface area contributed by atoms with Gasteiger partial charge in [0.15, 0.2) is 23.4 Å². The fourth-order valence-electron chi connectivity index (χ4n) is 2.93. The third kappa shape index (κ3) is 2.78. The van der Waals surface area contributed by atoms with E-state index < -0.39 is 6.10 Å². The first-order chi connectivity index (χ1) is 13.8. The monoisotopic (exact) mass is 373 g/mol. The molecule has 1 atom stereocenters. The Balaban J connectivity index is 1.65. The number of hydrogen-bond acceptors (Lipinski definition) is 7. The van der Waals surface area contributed by atoms with Crippen LogP contribution in [0, 0.1) is 0 Å². The molecule has 0 saturated carbocycles. The number of rotatable bonds is 5. The number of fused-ring (bicyclic) bond motifs is 1. The highest BCUT2D eigenvalue weighted by Gasteiger charge is 2.20. The average molecular weight is 373 g/mol. The van der Waals surface area contributed by atoms with Gasteiger partial charge in [-0.2, -0.15) is 9.61 Å². The summed E-state index contributed by atoms with van der Waals surface area (Å²) >= 11 is 0. The van der Waals surface area contributed by atoms with Crippen LogP contribution in [0.25, 0.3) is 28.2 Å². The van der Waals surface area contributed by atoms with E-state index in [2.05, 4.69) is 30.5 Å². The van der Waals surface area contributed by atoms with Gasteiger partial charge in [0, 0.05) is 11.1 Å². The number of hydrogen-bond donors (Lipinski definition) is 1. The summed E-state index contributed by atoms with van der Waals surface area (Å²) in [7, 11) is 0.